The summed E-state index contributed by atoms with van der Waals surface area (Å²) in [6.07, 6.45) is 8.64. The smallest absolute Gasteiger partial charge is 0.303 e. The Morgan fingerprint density at radius 2 is 1.05 bits per heavy atom. The Hall–Kier alpha value is -0.610. The molecule has 0 aromatic rings. The highest BCUT2D eigenvalue weighted by Crippen LogP contribution is 2.07. The van der Waals surface area contributed by atoms with Crippen molar-refractivity contribution in [3.05, 3.63) is 0 Å². The SMILES string of the molecule is CC(C)(C)N.CC(C)(C)N.CCCCCCCCCC(=O)O. The van der Waals surface area contributed by atoms with Gasteiger partial charge in [0.1, 0.15) is 0 Å². The van der Waals surface area contributed by atoms with Crippen molar-refractivity contribution in [3.8, 4) is 0 Å². The Labute approximate surface area is 139 Å². The Kier molecular flexibility index (Phi) is 18.3. The van der Waals surface area contributed by atoms with Crippen LogP contribution in [0.2, 0.25) is 0 Å². The molecule has 0 aromatic heterocycles. The maximum Gasteiger partial charge on any atom is 0.303 e. The first kappa shape index (κ1) is 26.3. The predicted molar refractivity (Wildman–Crippen MR) is 98.1 cm³/mol. The van der Waals surface area contributed by atoms with Crippen molar-refractivity contribution in [3.63, 3.8) is 0 Å². The average Bonchev–Trinajstić information content (AvgIpc) is 2.23. The number of carboxylic acid groups (broad SMARTS) is 1. The molecule has 0 aliphatic carbocycles. The molecule has 0 atom stereocenters. The molecule has 0 rings (SSSR count). The Morgan fingerprint density at radius 3 is 1.32 bits per heavy atom. The minimum atomic E-state index is -0.663. The summed E-state index contributed by atoms with van der Waals surface area (Å²) in [4.78, 5) is 10.1. The van der Waals surface area contributed by atoms with Crippen LogP contribution in [0, 0.1) is 0 Å². The number of carboxylic acids is 1. The molecule has 4 heteroatoms. The van der Waals surface area contributed by atoms with Crippen LogP contribution in [0.5, 0.6) is 0 Å². The summed E-state index contributed by atoms with van der Waals surface area (Å²) in [6, 6.07) is 0. The molecule has 0 aromatic carbocycles. The second-order valence-electron chi connectivity index (χ2n) is 8.00. The zero-order valence-electron chi connectivity index (χ0n) is 16.2. The molecule has 0 fully saturated rings. The highest BCUT2D eigenvalue weighted by atomic mass is 16.4. The summed E-state index contributed by atoms with van der Waals surface area (Å²) in [5.74, 6) is -0.663. The van der Waals surface area contributed by atoms with Crippen molar-refractivity contribution in [1.29, 1.82) is 0 Å². The van der Waals surface area contributed by atoms with Gasteiger partial charge in [-0.25, -0.2) is 0 Å². The van der Waals surface area contributed by atoms with Gasteiger partial charge in [0.15, 0.2) is 0 Å². The summed E-state index contributed by atoms with van der Waals surface area (Å²) < 4.78 is 0. The summed E-state index contributed by atoms with van der Waals surface area (Å²) in [5, 5.41) is 8.35. The fourth-order valence-electron chi connectivity index (χ4n) is 1.23. The zero-order chi connectivity index (χ0) is 18.2. The molecule has 0 heterocycles. The maximum absolute atomic E-state index is 10.1. The average molecular weight is 319 g/mol. The molecular formula is C18H42N2O2. The van der Waals surface area contributed by atoms with Crippen LogP contribution in [0.15, 0.2) is 0 Å². The highest BCUT2D eigenvalue weighted by molar-refractivity contribution is 5.66. The van der Waals surface area contributed by atoms with Gasteiger partial charge in [-0.05, 0) is 48.0 Å². The van der Waals surface area contributed by atoms with Crippen LogP contribution in [-0.2, 0) is 4.79 Å². The van der Waals surface area contributed by atoms with Gasteiger partial charge >= 0.3 is 5.97 Å². The van der Waals surface area contributed by atoms with Gasteiger partial charge in [-0.3, -0.25) is 4.79 Å². The first-order valence-corrected chi connectivity index (χ1v) is 8.57. The maximum atomic E-state index is 10.1. The minimum Gasteiger partial charge on any atom is -0.481 e. The Balaban J connectivity index is -0.000000298. The van der Waals surface area contributed by atoms with E-state index < -0.39 is 5.97 Å². The second kappa shape index (κ2) is 15.3. The van der Waals surface area contributed by atoms with Crippen LogP contribution in [0.1, 0.15) is 99.8 Å². The molecule has 0 amide bonds. The van der Waals surface area contributed by atoms with E-state index in [-0.39, 0.29) is 11.1 Å². The first-order valence-electron chi connectivity index (χ1n) is 8.57. The molecule has 0 spiro atoms. The van der Waals surface area contributed by atoms with E-state index >= 15 is 0 Å². The number of hydrogen-bond acceptors (Lipinski definition) is 3. The summed E-state index contributed by atoms with van der Waals surface area (Å²) >= 11 is 0. The molecule has 0 aliphatic rings. The molecule has 136 valence electrons. The van der Waals surface area contributed by atoms with E-state index in [2.05, 4.69) is 6.92 Å². The molecule has 5 N–H and O–H groups in total. The Morgan fingerprint density at radius 1 is 0.773 bits per heavy atom. The standard InChI is InChI=1S/C10H20O2.2C4H11N/c1-2-3-4-5-6-7-8-9-10(11)12;2*1-4(2,3)5/h2-9H2,1H3,(H,11,12);2*5H2,1-3H3. The van der Waals surface area contributed by atoms with Gasteiger partial charge in [-0.15, -0.1) is 0 Å². The lowest BCUT2D eigenvalue weighted by molar-refractivity contribution is -0.137. The second-order valence-corrected chi connectivity index (χ2v) is 8.00. The minimum absolute atomic E-state index is 0. The van der Waals surface area contributed by atoms with Crippen molar-refractivity contribution in [2.24, 2.45) is 11.5 Å². The first-order chi connectivity index (χ1) is 9.77. The molecule has 4 nitrogen and oxygen atoms in total. The van der Waals surface area contributed by atoms with E-state index in [1.807, 2.05) is 41.5 Å². The van der Waals surface area contributed by atoms with Crippen molar-refractivity contribution in [2.45, 2.75) is 111 Å². The van der Waals surface area contributed by atoms with E-state index in [1.165, 1.54) is 32.1 Å². The molecule has 0 unspecified atom stereocenters. The number of carbonyl (C=O) groups is 1. The van der Waals surface area contributed by atoms with E-state index in [1.54, 1.807) is 0 Å². The number of hydrogen-bond donors (Lipinski definition) is 3. The van der Waals surface area contributed by atoms with Gasteiger partial charge in [-0.1, -0.05) is 45.4 Å². The van der Waals surface area contributed by atoms with E-state index in [4.69, 9.17) is 16.6 Å². The van der Waals surface area contributed by atoms with Crippen LogP contribution in [0.25, 0.3) is 0 Å². The number of aliphatic carboxylic acids is 1. The number of unbranched alkanes of at least 4 members (excludes halogenated alkanes) is 6. The summed E-state index contributed by atoms with van der Waals surface area (Å²) in [6.45, 7) is 14.0. The number of nitrogens with two attached hydrogens (primary N) is 2. The quantitative estimate of drug-likeness (QED) is 0.566. The van der Waals surface area contributed by atoms with Gasteiger partial charge in [0.25, 0.3) is 0 Å². The lowest BCUT2D eigenvalue weighted by Crippen LogP contribution is -2.26. The fraction of sp³-hybridized carbons (Fsp3) is 0.944. The molecular weight excluding hydrogens is 276 g/mol. The normalized spacial score (nSPS) is 11.0. The largest absolute Gasteiger partial charge is 0.481 e. The van der Waals surface area contributed by atoms with Crippen molar-refractivity contribution >= 4 is 5.97 Å². The van der Waals surface area contributed by atoms with Crippen LogP contribution >= 0.6 is 0 Å². The van der Waals surface area contributed by atoms with Crippen molar-refractivity contribution in [1.82, 2.24) is 0 Å². The van der Waals surface area contributed by atoms with Crippen molar-refractivity contribution < 1.29 is 9.90 Å². The molecule has 0 saturated heterocycles. The van der Waals surface area contributed by atoms with Crippen LogP contribution in [-0.4, -0.2) is 22.2 Å². The highest BCUT2D eigenvalue weighted by Gasteiger charge is 1.96. The van der Waals surface area contributed by atoms with Gasteiger partial charge < -0.3 is 16.6 Å². The third kappa shape index (κ3) is 93.2. The van der Waals surface area contributed by atoms with Gasteiger partial charge in [0.2, 0.25) is 0 Å². The predicted octanol–water partition coefficient (Wildman–Crippen LogP) is 4.70. The van der Waals surface area contributed by atoms with Gasteiger partial charge in [0.05, 0.1) is 0 Å². The Bertz CT molecular complexity index is 216. The molecule has 22 heavy (non-hydrogen) atoms. The third-order valence-electron chi connectivity index (χ3n) is 1.99. The fourth-order valence-corrected chi connectivity index (χ4v) is 1.23. The van der Waals surface area contributed by atoms with E-state index in [9.17, 15) is 4.79 Å². The third-order valence-corrected chi connectivity index (χ3v) is 1.99. The molecule has 0 saturated carbocycles. The van der Waals surface area contributed by atoms with Gasteiger partial charge in [0, 0.05) is 17.5 Å². The van der Waals surface area contributed by atoms with Crippen LogP contribution < -0.4 is 11.5 Å². The lowest BCUT2D eigenvalue weighted by Gasteiger charge is -2.06. The molecule has 0 aliphatic heterocycles. The van der Waals surface area contributed by atoms with Crippen molar-refractivity contribution in [2.75, 3.05) is 0 Å². The summed E-state index contributed by atoms with van der Waals surface area (Å²) in [5.41, 5.74) is 10.7. The zero-order valence-corrected chi connectivity index (χ0v) is 16.2. The number of rotatable bonds is 8. The molecule has 0 radical (unpaired) electrons. The monoisotopic (exact) mass is 318 g/mol. The summed E-state index contributed by atoms with van der Waals surface area (Å²) in [7, 11) is 0. The van der Waals surface area contributed by atoms with Crippen LogP contribution in [0.3, 0.4) is 0 Å². The van der Waals surface area contributed by atoms with E-state index in [0.717, 1.165) is 12.8 Å². The topological polar surface area (TPSA) is 89.3 Å². The lowest BCUT2D eigenvalue weighted by atomic mass is 10.1. The van der Waals surface area contributed by atoms with Crippen LogP contribution in [0.4, 0.5) is 0 Å². The van der Waals surface area contributed by atoms with E-state index in [0.29, 0.717) is 6.42 Å². The van der Waals surface area contributed by atoms with Gasteiger partial charge in [-0.2, -0.15) is 0 Å². The molecule has 0 bridgehead atoms.